The molecule has 5 rings (SSSR count). The highest BCUT2D eigenvalue weighted by Crippen LogP contribution is 2.58. The molecule has 0 saturated heterocycles. The maximum Gasteiger partial charge on any atom is 0.303 e. The third-order valence-corrected chi connectivity index (χ3v) is 5.64. The van der Waals surface area contributed by atoms with Crippen LogP contribution in [0, 0.1) is 23.7 Å². The minimum absolute atomic E-state index is 0.139. The van der Waals surface area contributed by atoms with Crippen molar-refractivity contribution in [2.24, 2.45) is 23.7 Å². The van der Waals surface area contributed by atoms with Crippen molar-refractivity contribution in [3.63, 3.8) is 0 Å². The Morgan fingerprint density at radius 3 is 2.45 bits per heavy atom. The van der Waals surface area contributed by atoms with Crippen LogP contribution < -0.4 is 0 Å². The van der Waals surface area contributed by atoms with E-state index in [2.05, 4.69) is 15.0 Å². The average Bonchev–Trinajstić information content (AvgIpc) is 2.83. The van der Waals surface area contributed by atoms with Gasteiger partial charge in [0, 0.05) is 12.6 Å². The highest BCUT2D eigenvalue weighted by molar-refractivity contribution is 5.66. The molecule has 4 fully saturated rings. The molecule has 5 heteroatoms. The van der Waals surface area contributed by atoms with E-state index in [4.69, 9.17) is 5.11 Å². The second-order valence-corrected chi connectivity index (χ2v) is 7.00. The molecular formula is C15H21N3O2. The molecule has 4 aliphatic carbocycles. The van der Waals surface area contributed by atoms with Gasteiger partial charge < -0.3 is 5.11 Å². The van der Waals surface area contributed by atoms with E-state index in [1.807, 2.05) is 6.20 Å². The summed E-state index contributed by atoms with van der Waals surface area (Å²) >= 11 is 0. The van der Waals surface area contributed by atoms with E-state index in [1.54, 1.807) is 0 Å². The van der Waals surface area contributed by atoms with Crippen LogP contribution in [0.1, 0.15) is 50.3 Å². The van der Waals surface area contributed by atoms with Gasteiger partial charge in [-0.25, -0.2) is 4.68 Å². The zero-order valence-electron chi connectivity index (χ0n) is 11.6. The monoisotopic (exact) mass is 275 g/mol. The summed E-state index contributed by atoms with van der Waals surface area (Å²) in [7, 11) is 0. The fourth-order valence-electron chi connectivity index (χ4n) is 5.14. The van der Waals surface area contributed by atoms with E-state index >= 15 is 0 Å². The molecule has 1 aromatic rings. The van der Waals surface area contributed by atoms with Crippen molar-refractivity contribution in [3.8, 4) is 0 Å². The smallest absolute Gasteiger partial charge is 0.303 e. The molecule has 108 valence electrons. The molecule has 0 aromatic carbocycles. The Bertz CT molecular complexity index is 497. The first-order valence-electron chi connectivity index (χ1n) is 7.81. The molecule has 20 heavy (non-hydrogen) atoms. The van der Waals surface area contributed by atoms with E-state index in [-0.39, 0.29) is 6.42 Å². The van der Waals surface area contributed by atoms with Crippen molar-refractivity contribution in [2.45, 2.75) is 51.0 Å². The molecule has 1 N–H and O–H groups in total. The molecule has 4 bridgehead atoms. The quantitative estimate of drug-likeness (QED) is 0.915. The van der Waals surface area contributed by atoms with Crippen LogP contribution in [-0.2, 0) is 11.2 Å². The minimum atomic E-state index is -0.769. The van der Waals surface area contributed by atoms with Gasteiger partial charge in [-0.05, 0) is 55.8 Å². The second-order valence-electron chi connectivity index (χ2n) is 7.00. The number of hydrogen-bond acceptors (Lipinski definition) is 3. The van der Waals surface area contributed by atoms with Crippen molar-refractivity contribution < 1.29 is 9.90 Å². The summed E-state index contributed by atoms with van der Waals surface area (Å²) < 4.78 is 2.06. The number of carboxylic acids is 1. The van der Waals surface area contributed by atoms with Gasteiger partial charge in [0.25, 0.3) is 0 Å². The normalized spacial score (nSPS) is 38.3. The summed E-state index contributed by atoms with van der Waals surface area (Å²) in [6.07, 6.45) is 9.54. The van der Waals surface area contributed by atoms with Gasteiger partial charge in [-0.2, -0.15) is 0 Å². The third kappa shape index (κ3) is 2.03. The minimum Gasteiger partial charge on any atom is -0.481 e. The van der Waals surface area contributed by atoms with Crippen LogP contribution in [0.5, 0.6) is 0 Å². The van der Waals surface area contributed by atoms with Crippen LogP contribution in [0.2, 0.25) is 0 Å². The maximum absolute atomic E-state index is 10.6. The van der Waals surface area contributed by atoms with Gasteiger partial charge in [-0.1, -0.05) is 5.21 Å². The zero-order chi connectivity index (χ0) is 13.7. The predicted octanol–water partition coefficient (Wildman–Crippen LogP) is 2.29. The van der Waals surface area contributed by atoms with Gasteiger partial charge in [-0.3, -0.25) is 4.79 Å². The largest absolute Gasteiger partial charge is 0.481 e. The summed E-state index contributed by atoms with van der Waals surface area (Å²) in [6, 6.07) is 0.522. The number of aryl methyl sites for hydroxylation is 1. The summed E-state index contributed by atoms with van der Waals surface area (Å²) in [5, 5.41) is 17.2. The molecule has 0 radical (unpaired) electrons. The Morgan fingerprint density at radius 1 is 1.20 bits per heavy atom. The van der Waals surface area contributed by atoms with Gasteiger partial charge in [0.15, 0.2) is 0 Å². The molecule has 4 aliphatic rings. The van der Waals surface area contributed by atoms with Crippen molar-refractivity contribution in [1.29, 1.82) is 0 Å². The summed E-state index contributed by atoms with van der Waals surface area (Å²) in [6.45, 7) is 0. The average molecular weight is 275 g/mol. The van der Waals surface area contributed by atoms with Gasteiger partial charge in [0.05, 0.1) is 18.2 Å². The fraction of sp³-hybridized carbons (Fsp3) is 0.800. The van der Waals surface area contributed by atoms with E-state index < -0.39 is 5.97 Å². The Morgan fingerprint density at radius 2 is 1.85 bits per heavy atom. The van der Waals surface area contributed by atoms with Crippen LogP contribution in [0.15, 0.2) is 6.20 Å². The number of aliphatic carboxylic acids is 1. The SMILES string of the molecule is O=C(O)CCc1cn(C2C3CC4CC(C3)CC2C4)nn1. The first kappa shape index (κ1) is 12.4. The lowest BCUT2D eigenvalue weighted by molar-refractivity contribution is -0.136. The summed E-state index contributed by atoms with van der Waals surface area (Å²) in [4.78, 5) is 10.6. The number of carboxylic acid groups (broad SMARTS) is 1. The molecule has 0 spiro atoms. The summed E-state index contributed by atoms with van der Waals surface area (Å²) in [5.41, 5.74) is 0.821. The lowest BCUT2D eigenvalue weighted by Gasteiger charge is -2.54. The Kier molecular flexibility index (Phi) is 2.82. The van der Waals surface area contributed by atoms with Crippen molar-refractivity contribution in [2.75, 3.05) is 0 Å². The lowest BCUT2D eigenvalue weighted by atomic mass is 9.54. The molecule has 0 unspecified atom stereocenters. The van der Waals surface area contributed by atoms with Crippen LogP contribution in [0.4, 0.5) is 0 Å². The number of nitrogens with zero attached hydrogens (tertiary/aromatic N) is 3. The van der Waals surface area contributed by atoms with E-state index in [0.29, 0.717) is 12.5 Å². The Labute approximate surface area is 118 Å². The van der Waals surface area contributed by atoms with Crippen molar-refractivity contribution in [3.05, 3.63) is 11.9 Å². The van der Waals surface area contributed by atoms with Crippen LogP contribution >= 0.6 is 0 Å². The molecule has 0 aliphatic heterocycles. The molecule has 0 amide bonds. The van der Waals surface area contributed by atoms with Gasteiger partial charge in [0.2, 0.25) is 0 Å². The predicted molar refractivity (Wildman–Crippen MR) is 72.1 cm³/mol. The molecular weight excluding hydrogens is 254 g/mol. The fourth-order valence-corrected chi connectivity index (χ4v) is 5.14. The van der Waals surface area contributed by atoms with Crippen LogP contribution in [0.25, 0.3) is 0 Å². The van der Waals surface area contributed by atoms with E-state index in [1.165, 1.54) is 32.1 Å². The van der Waals surface area contributed by atoms with Crippen LogP contribution in [0.3, 0.4) is 0 Å². The van der Waals surface area contributed by atoms with E-state index in [9.17, 15) is 4.79 Å². The second kappa shape index (κ2) is 4.57. The highest BCUT2D eigenvalue weighted by Gasteiger charge is 2.49. The zero-order valence-corrected chi connectivity index (χ0v) is 11.6. The molecule has 1 heterocycles. The molecule has 0 atom stereocenters. The van der Waals surface area contributed by atoms with Crippen molar-refractivity contribution in [1.82, 2.24) is 15.0 Å². The number of aromatic nitrogens is 3. The standard InChI is InChI=1S/C15H21N3O2/c19-14(20)2-1-13-8-18(17-16-13)15-11-4-9-3-10(6-11)7-12(15)5-9/h8-12,15H,1-7H2,(H,19,20). The molecule has 5 nitrogen and oxygen atoms in total. The number of carbonyl (C=O) groups is 1. The highest BCUT2D eigenvalue weighted by atomic mass is 16.4. The lowest BCUT2D eigenvalue weighted by Crippen LogP contribution is -2.46. The maximum atomic E-state index is 10.6. The number of hydrogen-bond donors (Lipinski definition) is 1. The van der Waals surface area contributed by atoms with Gasteiger partial charge in [-0.15, -0.1) is 5.10 Å². The first-order chi connectivity index (χ1) is 9.69. The molecule has 1 aromatic heterocycles. The van der Waals surface area contributed by atoms with E-state index in [0.717, 1.165) is 29.4 Å². The van der Waals surface area contributed by atoms with Crippen LogP contribution in [-0.4, -0.2) is 26.1 Å². The Balaban J connectivity index is 1.51. The third-order valence-electron chi connectivity index (χ3n) is 5.64. The van der Waals surface area contributed by atoms with Gasteiger partial charge in [0.1, 0.15) is 0 Å². The first-order valence-corrected chi connectivity index (χ1v) is 7.81. The molecule has 4 saturated carbocycles. The topological polar surface area (TPSA) is 68.0 Å². The van der Waals surface area contributed by atoms with Gasteiger partial charge >= 0.3 is 5.97 Å². The van der Waals surface area contributed by atoms with Crippen molar-refractivity contribution >= 4 is 5.97 Å². The summed E-state index contributed by atoms with van der Waals surface area (Å²) in [5.74, 6) is 2.71. The number of rotatable bonds is 4. The Hall–Kier alpha value is -1.39.